The maximum Gasteiger partial charge on any atom is 0.260 e. The van der Waals surface area contributed by atoms with Crippen LogP contribution in [0.2, 0.25) is 18.1 Å². The van der Waals surface area contributed by atoms with Gasteiger partial charge >= 0.3 is 0 Å². The third-order valence-corrected chi connectivity index (χ3v) is 14.5. The Balaban J connectivity index is 1.37. The highest BCUT2D eigenvalue weighted by Gasteiger charge is 2.43. The number of halogens is 1. The third kappa shape index (κ3) is 7.78. The van der Waals surface area contributed by atoms with E-state index in [-0.39, 0.29) is 10.6 Å². The lowest BCUT2D eigenvalue weighted by atomic mass is 9.99. The van der Waals surface area contributed by atoms with Crippen molar-refractivity contribution >= 4 is 58.0 Å². The Kier molecular flexibility index (Phi) is 10.7. The van der Waals surface area contributed by atoms with Crippen LogP contribution in [0, 0.1) is 11.7 Å². The van der Waals surface area contributed by atoms with Gasteiger partial charge < -0.3 is 9.33 Å². The van der Waals surface area contributed by atoms with E-state index in [1.807, 2.05) is 36.4 Å². The number of thiazole rings is 1. The molecule has 3 aromatic carbocycles. The van der Waals surface area contributed by atoms with Crippen LogP contribution in [-0.4, -0.2) is 38.9 Å². The van der Waals surface area contributed by atoms with Gasteiger partial charge in [0.25, 0.3) is 5.91 Å². The van der Waals surface area contributed by atoms with Crippen molar-refractivity contribution in [2.24, 2.45) is 16.1 Å². The lowest BCUT2D eigenvalue weighted by Crippen LogP contribution is -2.45. The molecule has 0 radical (unpaired) electrons. The van der Waals surface area contributed by atoms with Crippen molar-refractivity contribution in [3.05, 3.63) is 77.6 Å². The topological polar surface area (TPSA) is 79.2 Å². The molecule has 0 saturated carbocycles. The number of hydrogen-bond acceptors (Lipinski definition) is 7. The van der Waals surface area contributed by atoms with E-state index in [1.165, 1.54) is 23.5 Å². The molecule has 0 bridgehead atoms. The zero-order chi connectivity index (χ0) is 32.1. The second-order valence-corrected chi connectivity index (χ2v) is 17.9. The number of carbonyl (C=O) groups is 1. The number of amides is 1. The van der Waals surface area contributed by atoms with Gasteiger partial charge in [-0.25, -0.2) is 9.37 Å². The minimum Gasteiger partial charge on any atom is -0.416 e. The Hall–Kier alpha value is -3.47. The summed E-state index contributed by atoms with van der Waals surface area (Å²) in [6.07, 6.45) is 0.802. The Labute approximate surface area is 265 Å². The SMILES string of the molecule is CCN(CC)c1ccc(N=Nc2ccc(C(=O)Nc3nc4ccc(CCO[Si](C)(C)C(C)(C)C(C)C)cc4s3)c(F)c2)cc1. The van der Waals surface area contributed by atoms with Crippen LogP contribution in [0.4, 0.5) is 26.6 Å². The molecular weight excluding hydrogens is 590 g/mol. The van der Waals surface area contributed by atoms with Gasteiger partial charge in [0.2, 0.25) is 0 Å². The molecule has 0 saturated heterocycles. The van der Waals surface area contributed by atoms with Gasteiger partial charge in [0.1, 0.15) is 5.82 Å². The van der Waals surface area contributed by atoms with E-state index in [1.54, 1.807) is 6.07 Å². The standard InChI is InChI=1S/C34H44FN5O2SSi/c1-9-40(10-2)27-15-12-25(13-16-27)38-39-26-14-17-28(29(35)22-26)32(41)37-33-36-30-18-11-24(21-31(30)43-33)19-20-42-44(7,8)34(5,6)23(3)4/h11-18,21-23H,9-10,19-20H2,1-8H3,(H,36,37,41). The zero-order valence-electron chi connectivity index (χ0n) is 27.1. The van der Waals surface area contributed by atoms with Crippen LogP contribution in [-0.2, 0) is 10.8 Å². The third-order valence-electron chi connectivity index (χ3n) is 8.98. The Bertz CT molecular complexity index is 1610. The molecule has 0 aliphatic heterocycles. The first-order chi connectivity index (χ1) is 20.8. The van der Waals surface area contributed by atoms with Crippen molar-refractivity contribution in [2.75, 3.05) is 29.9 Å². The molecule has 0 aliphatic carbocycles. The van der Waals surface area contributed by atoms with Gasteiger partial charge in [-0.15, -0.1) is 0 Å². The number of aromatic nitrogens is 1. The fourth-order valence-electron chi connectivity index (χ4n) is 4.83. The fraction of sp³-hybridized carbons (Fsp3) is 0.412. The number of nitrogens with one attached hydrogen (secondary N) is 1. The number of anilines is 2. The van der Waals surface area contributed by atoms with Gasteiger partial charge in [0, 0.05) is 31.5 Å². The van der Waals surface area contributed by atoms with E-state index in [4.69, 9.17) is 4.43 Å². The van der Waals surface area contributed by atoms with E-state index < -0.39 is 20.0 Å². The summed E-state index contributed by atoms with van der Waals surface area (Å²) in [4.78, 5) is 19.7. The molecule has 0 unspecified atom stereocenters. The number of hydrogen-bond donors (Lipinski definition) is 1. The molecule has 234 valence electrons. The molecule has 0 aliphatic rings. The number of carbonyl (C=O) groups excluding carboxylic acids is 1. The summed E-state index contributed by atoms with van der Waals surface area (Å²) in [6, 6.07) is 18.0. The maximum atomic E-state index is 14.9. The minimum atomic E-state index is -1.89. The summed E-state index contributed by atoms with van der Waals surface area (Å²) in [5.41, 5.74) is 3.95. The molecule has 10 heteroatoms. The van der Waals surface area contributed by atoms with Crippen LogP contribution in [0.5, 0.6) is 0 Å². The lowest BCUT2D eigenvalue weighted by molar-refractivity contribution is 0.102. The monoisotopic (exact) mass is 633 g/mol. The minimum absolute atomic E-state index is 0.0827. The van der Waals surface area contributed by atoms with Crippen LogP contribution < -0.4 is 10.2 Å². The van der Waals surface area contributed by atoms with Crippen molar-refractivity contribution in [3.8, 4) is 0 Å². The summed E-state index contributed by atoms with van der Waals surface area (Å²) < 4.78 is 22.4. The van der Waals surface area contributed by atoms with Crippen LogP contribution in [0.1, 0.15) is 57.5 Å². The van der Waals surface area contributed by atoms with Crippen LogP contribution in [0.15, 0.2) is 70.9 Å². The number of fused-ring (bicyclic) bond motifs is 1. The van der Waals surface area contributed by atoms with Gasteiger partial charge in [0.05, 0.1) is 27.2 Å². The molecule has 1 N–H and O–H groups in total. The molecule has 0 spiro atoms. The second kappa shape index (κ2) is 14.1. The predicted molar refractivity (Wildman–Crippen MR) is 184 cm³/mol. The molecule has 44 heavy (non-hydrogen) atoms. The normalized spacial score (nSPS) is 12.4. The first kappa shape index (κ1) is 33.4. The second-order valence-electron chi connectivity index (χ2n) is 12.3. The Morgan fingerprint density at radius 1 is 1.02 bits per heavy atom. The fourth-order valence-corrected chi connectivity index (χ4v) is 8.13. The molecule has 0 atom stereocenters. The van der Waals surface area contributed by atoms with Crippen molar-refractivity contribution in [1.82, 2.24) is 4.98 Å². The highest BCUT2D eigenvalue weighted by molar-refractivity contribution is 7.22. The molecule has 0 fully saturated rings. The van der Waals surface area contributed by atoms with Crippen LogP contribution in [0.3, 0.4) is 0 Å². The summed E-state index contributed by atoms with van der Waals surface area (Å²) in [7, 11) is -1.89. The number of nitrogens with zero attached hydrogens (tertiary/aromatic N) is 4. The number of benzene rings is 3. The van der Waals surface area contributed by atoms with E-state index in [9.17, 15) is 9.18 Å². The molecule has 4 rings (SSSR count). The Morgan fingerprint density at radius 3 is 2.32 bits per heavy atom. The summed E-state index contributed by atoms with van der Waals surface area (Å²) in [6.45, 7) is 20.5. The lowest BCUT2D eigenvalue weighted by Gasteiger charge is -2.42. The summed E-state index contributed by atoms with van der Waals surface area (Å²) >= 11 is 1.37. The van der Waals surface area contributed by atoms with E-state index >= 15 is 0 Å². The molecule has 1 heterocycles. The highest BCUT2D eigenvalue weighted by Crippen LogP contribution is 2.44. The number of rotatable bonds is 13. The zero-order valence-corrected chi connectivity index (χ0v) is 28.9. The average molecular weight is 634 g/mol. The van der Waals surface area contributed by atoms with Crippen molar-refractivity contribution in [2.45, 2.75) is 66.1 Å². The molecule has 1 aromatic heterocycles. The van der Waals surface area contributed by atoms with Crippen molar-refractivity contribution in [1.29, 1.82) is 0 Å². The van der Waals surface area contributed by atoms with Gasteiger partial charge in [-0.2, -0.15) is 10.2 Å². The van der Waals surface area contributed by atoms with Gasteiger partial charge in [-0.1, -0.05) is 45.1 Å². The summed E-state index contributed by atoms with van der Waals surface area (Å²) in [5, 5.41) is 11.7. The van der Waals surface area contributed by atoms with E-state index in [2.05, 4.69) is 86.1 Å². The van der Waals surface area contributed by atoms with Gasteiger partial charge in [-0.3, -0.25) is 10.1 Å². The molecular formula is C34H44FN5O2SSi. The quantitative estimate of drug-likeness (QED) is 0.117. The summed E-state index contributed by atoms with van der Waals surface area (Å²) in [5.74, 6) is -0.688. The largest absolute Gasteiger partial charge is 0.416 e. The smallest absolute Gasteiger partial charge is 0.260 e. The molecule has 7 nitrogen and oxygen atoms in total. The first-order valence-corrected chi connectivity index (χ1v) is 19.0. The van der Waals surface area contributed by atoms with E-state index in [0.717, 1.165) is 41.0 Å². The van der Waals surface area contributed by atoms with E-state index in [0.29, 0.717) is 29.0 Å². The van der Waals surface area contributed by atoms with Crippen molar-refractivity contribution in [3.63, 3.8) is 0 Å². The maximum absolute atomic E-state index is 14.9. The van der Waals surface area contributed by atoms with Crippen LogP contribution >= 0.6 is 11.3 Å². The van der Waals surface area contributed by atoms with Crippen LogP contribution in [0.25, 0.3) is 10.2 Å². The molecule has 1 amide bonds. The Morgan fingerprint density at radius 2 is 1.68 bits per heavy atom. The predicted octanol–water partition coefficient (Wildman–Crippen LogP) is 10.1. The van der Waals surface area contributed by atoms with Crippen molar-refractivity contribution < 1.29 is 13.6 Å². The first-order valence-electron chi connectivity index (χ1n) is 15.3. The average Bonchev–Trinajstić information content (AvgIpc) is 3.38. The molecule has 4 aromatic rings. The van der Waals surface area contributed by atoms with Gasteiger partial charge in [-0.05, 0) is 98.4 Å². The van der Waals surface area contributed by atoms with Gasteiger partial charge in [0.15, 0.2) is 13.4 Å². The highest BCUT2D eigenvalue weighted by atomic mass is 32.1. The number of azo groups is 1.